The van der Waals surface area contributed by atoms with Crippen molar-refractivity contribution in [2.45, 2.75) is 102 Å². The summed E-state index contributed by atoms with van der Waals surface area (Å²) in [6, 6.07) is 13.6. The van der Waals surface area contributed by atoms with E-state index in [1.807, 2.05) is 0 Å². The van der Waals surface area contributed by atoms with E-state index in [-0.39, 0.29) is 18.4 Å². The zero-order valence-electron chi connectivity index (χ0n) is 24.6. The largest absolute Gasteiger partial charge is 0.508 e. The standard InChI is InChI=1S/C33H51N3O5/c37-25-29-22-28(16-17-31(29)38)32(39)24-34-18-7-1-2-8-19-41-20-9-6-11-26-12-10-13-27(21-26)23-35-33(40)36-30-14-4-3-5-15-30/h10,12-13,16-17,21-22,30,32,34,37-39H,1-9,11,14-15,18-20,23-25H2,(H2,35,36,40)/t32-/m1/s1. The van der Waals surface area contributed by atoms with Crippen LogP contribution in [0.4, 0.5) is 4.79 Å². The molecule has 3 rings (SSSR count). The molecular formula is C33H51N3O5. The average Bonchev–Trinajstić information content (AvgIpc) is 2.99. The van der Waals surface area contributed by atoms with Crippen LogP contribution in [0.15, 0.2) is 42.5 Å². The maximum absolute atomic E-state index is 12.2. The van der Waals surface area contributed by atoms with Crippen molar-refractivity contribution in [1.82, 2.24) is 16.0 Å². The third-order valence-corrected chi connectivity index (χ3v) is 7.78. The molecule has 0 unspecified atom stereocenters. The molecule has 0 saturated heterocycles. The zero-order valence-corrected chi connectivity index (χ0v) is 24.6. The SMILES string of the molecule is O=C(NCc1cccc(CCCCOCCCCCCNC[C@@H](O)c2ccc(O)c(CO)c2)c1)NC1CCCCC1. The number of carbonyl (C=O) groups excluding carboxylic acids is 1. The fraction of sp³-hybridized carbons (Fsp3) is 0.606. The number of benzene rings is 2. The third-order valence-electron chi connectivity index (χ3n) is 7.78. The van der Waals surface area contributed by atoms with Gasteiger partial charge in [0, 0.05) is 37.9 Å². The molecule has 0 aliphatic heterocycles. The van der Waals surface area contributed by atoms with Gasteiger partial charge in [-0.1, -0.05) is 62.4 Å². The molecule has 8 nitrogen and oxygen atoms in total. The Bertz CT molecular complexity index is 1010. The van der Waals surface area contributed by atoms with Gasteiger partial charge < -0.3 is 36.0 Å². The van der Waals surface area contributed by atoms with Crippen LogP contribution in [0.1, 0.15) is 99.0 Å². The van der Waals surface area contributed by atoms with Crippen LogP contribution in [0.3, 0.4) is 0 Å². The van der Waals surface area contributed by atoms with E-state index < -0.39 is 6.10 Å². The number of phenols is 1. The normalized spacial score (nSPS) is 14.6. The Kier molecular flexibility index (Phi) is 15.6. The van der Waals surface area contributed by atoms with Gasteiger partial charge in [-0.25, -0.2) is 4.79 Å². The van der Waals surface area contributed by atoms with Crippen LogP contribution in [-0.2, 0) is 24.3 Å². The summed E-state index contributed by atoms with van der Waals surface area (Å²) in [5, 5.41) is 38.6. The number of aromatic hydroxyl groups is 1. The van der Waals surface area contributed by atoms with Gasteiger partial charge in [-0.3, -0.25) is 0 Å². The fourth-order valence-corrected chi connectivity index (χ4v) is 5.30. The fourth-order valence-electron chi connectivity index (χ4n) is 5.30. The van der Waals surface area contributed by atoms with Crippen molar-refractivity contribution in [3.8, 4) is 5.75 Å². The first-order valence-electron chi connectivity index (χ1n) is 15.6. The van der Waals surface area contributed by atoms with E-state index in [9.17, 15) is 20.1 Å². The molecule has 1 fully saturated rings. The van der Waals surface area contributed by atoms with Crippen LogP contribution >= 0.6 is 0 Å². The smallest absolute Gasteiger partial charge is 0.315 e. The maximum Gasteiger partial charge on any atom is 0.315 e. The third kappa shape index (κ3) is 13.3. The Labute approximate surface area is 245 Å². The molecule has 6 N–H and O–H groups in total. The Hall–Kier alpha value is -2.65. The summed E-state index contributed by atoms with van der Waals surface area (Å²) in [4.78, 5) is 12.2. The number of aliphatic hydroxyl groups is 2. The van der Waals surface area contributed by atoms with E-state index in [1.165, 1.54) is 30.9 Å². The highest BCUT2D eigenvalue weighted by Gasteiger charge is 2.15. The number of rotatable bonds is 19. The first kappa shape index (κ1) is 32.9. The Morgan fingerprint density at radius 3 is 2.49 bits per heavy atom. The predicted octanol–water partition coefficient (Wildman–Crippen LogP) is 5.24. The van der Waals surface area contributed by atoms with Crippen LogP contribution in [-0.4, -0.2) is 53.7 Å². The summed E-state index contributed by atoms with van der Waals surface area (Å²) in [7, 11) is 0. The van der Waals surface area contributed by atoms with Gasteiger partial charge >= 0.3 is 6.03 Å². The number of hydrogen-bond acceptors (Lipinski definition) is 6. The molecule has 1 atom stereocenters. The second-order valence-electron chi connectivity index (χ2n) is 11.2. The van der Waals surface area contributed by atoms with Crippen molar-refractivity contribution in [2.75, 3.05) is 26.3 Å². The quantitative estimate of drug-likeness (QED) is 0.129. The maximum atomic E-state index is 12.2. The molecule has 2 aromatic carbocycles. The van der Waals surface area contributed by atoms with Crippen LogP contribution in [0, 0.1) is 0 Å². The molecule has 8 heteroatoms. The lowest BCUT2D eigenvalue weighted by Gasteiger charge is -2.22. The minimum absolute atomic E-state index is 0.0445. The highest BCUT2D eigenvalue weighted by atomic mass is 16.5. The summed E-state index contributed by atoms with van der Waals surface area (Å²) in [5.74, 6) is 0.0445. The first-order chi connectivity index (χ1) is 20.0. The van der Waals surface area contributed by atoms with Crippen molar-refractivity contribution in [3.63, 3.8) is 0 Å². The molecule has 228 valence electrons. The summed E-state index contributed by atoms with van der Waals surface area (Å²) in [6.45, 7) is 3.17. The number of urea groups is 1. The van der Waals surface area contributed by atoms with Gasteiger partial charge in [-0.15, -0.1) is 0 Å². The molecule has 41 heavy (non-hydrogen) atoms. The number of aliphatic hydroxyl groups excluding tert-OH is 2. The lowest BCUT2D eigenvalue weighted by Crippen LogP contribution is -2.42. The van der Waals surface area contributed by atoms with Crippen molar-refractivity contribution in [3.05, 3.63) is 64.7 Å². The van der Waals surface area contributed by atoms with Crippen LogP contribution in [0.5, 0.6) is 5.75 Å². The molecule has 1 aliphatic rings. The second kappa shape index (κ2) is 19.5. The molecule has 0 heterocycles. The molecule has 1 aliphatic carbocycles. The Morgan fingerprint density at radius 2 is 1.68 bits per heavy atom. The molecular weight excluding hydrogens is 518 g/mol. The van der Waals surface area contributed by atoms with E-state index in [4.69, 9.17) is 4.74 Å². The van der Waals surface area contributed by atoms with E-state index in [0.29, 0.717) is 30.3 Å². The van der Waals surface area contributed by atoms with E-state index >= 15 is 0 Å². The number of hydrogen-bond donors (Lipinski definition) is 6. The number of aryl methyl sites for hydroxylation is 1. The summed E-state index contributed by atoms with van der Waals surface area (Å²) in [5.41, 5.74) is 3.55. The molecule has 0 spiro atoms. The van der Waals surface area contributed by atoms with Crippen molar-refractivity contribution in [1.29, 1.82) is 0 Å². The summed E-state index contributed by atoms with van der Waals surface area (Å²) < 4.78 is 5.82. The number of unbranched alkanes of at least 4 members (excludes halogenated alkanes) is 4. The molecule has 1 saturated carbocycles. The van der Waals surface area contributed by atoms with Gasteiger partial charge in [0.1, 0.15) is 5.75 Å². The number of amides is 2. The van der Waals surface area contributed by atoms with Crippen molar-refractivity contribution >= 4 is 6.03 Å². The molecule has 0 bridgehead atoms. The second-order valence-corrected chi connectivity index (χ2v) is 11.2. The van der Waals surface area contributed by atoms with E-state index in [1.54, 1.807) is 12.1 Å². The topological polar surface area (TPSA) is 123 Å². The summed E-state index contributed by atoms with van der Waals surface area (Å²) >= 11 is 0. The Balaban J connectivity index is 1.13. The zero-order chi connectivity index (χ0) is 29.1. The minimum atomic E-state index is -0.667. The van der Waals surface area contributed by atoms with E-state index in [0.717, 1.165) is 83.1 Å². The average molecular weight is 570 g/mol. The monoisotopic (exact) mass is 569 g/mol. The van der Waals surface area contributed by atoms with Crippen molar-refractivity contribution in [2.24, 2.45) is 0 Å². The first-order valence-corrected chi connectivity index (χ1v) is 15.6. The molecule has 0 radical (unpaired) electrons. The number of nitrogens with one attached hydrogen (secondary N) is 3. The van der Waals surface area contributed by atoms with Crippen molar-refractivity contribution < 1.29 is 24.9 Å². The van der Waals surface area contributed by atoms with Gasteiger partial charge in [0.15, 0.2) is 0 Å². The van der Waals surface area contributed by atoms with Gasteiger partial charge in [0.2, 0.25) is 0 Å². The predicted molar refractivity (Wildman–Crippen MR) is 163 cm³/mol. The highest BCUT2D eigenvalue weighted by Crippen LogP contribution is 2.22. The van der Waals surface area contributed by atoms with Crippen LogP contribution in [0.25, 0.3) is 0 Å². The van der Waals surface area contributed by atoms with Gasteiger partial charge in [0.25, 0.3) is 0 Å². The Morgan fingerprint density at radius 1 is 0.927 bits per heavy atom. The lowest BCUT2D eigenvalue weighted by atomic mass is 9.96. The highest BCUT2D eigenvalue weighted by molar-refractivity contribution is 5.74. The minimum Gasteiger partial charge on any atom is -0.508 e. The molecule has 2 amide bonds. The van der Waals surface area contributed by atoms with Crippen LogP contribution < -0.4 is 16.0 Å². The van der Waals surface area contributed by atoms with Crippen LogP contribution in [0.2, 0.25) is 0 Å². The number of ether oxygens (including phenoxy) is 1. The van der Waals surface area contributed by atoms with E-state index in [2.05, 4.69) is 40.2 Å². The number of carbonyl (C=O) groups is 1. The van der Waals surface area contributed by atoms with Gasteiger partial charge in [-0.05, 0) is 80.3 Å². The summed E-state index contributed by atoms with van der Waals surface area (Å²) in [6.07, 6.45) is 12.7. The molecule has 2 aromatic rings. The molecule has 0 aromatic heterocycles. The van der Waals surface area contributed by atoms with Gasteiger partial charge in [-0.2, -0.15) is 0 Å². The van der Waals surface area contributed by atoms with Gasteiger partial charge in [0.05, 0.1) is 12.7 Å². The lowest BCUT2D eigenvalue weighted by molar-refractivity contribution is 0.126.